The molecule has 11 heteroatoms. The maximum atomic E-state index is 12.7. The van der Waals surface area contributed by atoms with Crippen LogP contribution >= 0.6 is 0 Å². The number of sulfone groups is 1. The molecular formula is C22H26N2O8S. The summed E-state index contributed by atoms with van der Waals surface area (Å²) in [4.78, 5) is 14.7. The minimum atomic E-state index is -3.69. The molecule has 0 radical (unpaired) electrons. The van der Waals surface area contributed by atoms with Gasteiger partial charge >= 0.3 is 5.97 Å². The molecule has 2 N–H and O–H groups in total. The molecule has 1 heterocycles. The first-order valence-electron chi connectivity index (χ1n) is 9.60. The van der Waals surface area contributed by atoms with Crippen molar-refractivity contribution in [2.75, 3.05) is 40.3 Å². The van der Waals surface area contributed by atoms with Crippen LogP contribution in [-0.2, 0) is 20.4 Å². The van der Waals surface area contributed by atoms with E-state index in [0.29, 0.717) is 34.1 Å². The quantitative estimate of drug-likeness (QED) is 0.439. The van der Waals surface area contributed by atoms with Gasteiger partial charge in [-0.15, -0.1) is 0 Å². The molecule has 0 fully saturated rings. The van der Waals surface area contributed by atoms with Crippen molar-refractivity contribution in [1.29, 1.82) is 0 Å². The summed E-state index contributed by atoms with van der Waals surface area (Å²) in [5.74, 6) is 0.156. The topological polar surface area (TPSA) is 133 Å². The fourth-order valence-corrected chi connectivity index (χ4v) is 3.90. The molecule has 2 rings (SSSR count). The zero-order valence-corrected chi connectivity index (χ0v) is 19.5. The number of anilines is 1. The average molecular weight is 479 g/mol. The zero-order chi connectivity index (χ0) is 24.4. The Hall–Kier alpha value is -3.73. The van der Waals surface area contributed by atoms with Crippen LogP contribution in [0, 0.1) is 0 Å². The summed E-state index contributed by atoms with van der Waals surface area (Å²) >= 11 is 0. The van der Waals surface area contributed by atoms with E-state index in [2.05, 4.69) is 10.3 Å². The van der Waals surface area contributed by atoms with Crippen molar-refractivity contribution >= 4 is 27.6 Å². The lowest BCUT2D eigenvalue weighted by molar-refractivity contribution is -0.131. The largest absolute Gasteiger partial charge is 0.496 e. The second-order valence-electron chi connectivity index (χ2n) is 6.58. The van der Waals surface area contributed by atoms with Crippen LogP contribution in [0.15, 0.2) is 42.0 Å². The van der Waals surface area contributed by atoms with Crippen molar-refractivity contribution in [3.05, 3.63) is 53.1 Å². The Labute approximate surface area is 192 Å². The number of aromatic nitrogens is 1. The summed E-state index contributed by atoms with van der Waals surface area (Å²) in [5, 5.41) is 12.7. The zero-order valence-electron chi connectivity index (χ0n) is 18.7. The smallest absolute Gasteiger partial charge is 0.328 e. The van der Waals surface area contributed by atoms with Gasteiger partial charge in [0, 0.05) is 36.4 Å². The molecule has 0 aliphatic rings. The molecule has 0 saturated heterocycles. The summed E-state index contributed by atoms with van der Waals surface area (Å²) in [6.07, 6.45) is 5.20. The predicted octanol–water partition coefficient (Wildman–Crippen LogP) is 2.75. The number of methoxy groups -OCH3 is 4. The Morgan fingerprint density at radius 3 is 2.27 bits per heavy atom. The molecule has 0 amide bonds. The average Bonchev–Trinajstić information content (AvgIpc) is 2.79. The van der Waals surface area contributed by atoms with Gasteiger partial charge in [-0.25, -0.2) is 18.2 Å². The summed E-state index contributed by atoms with van der Waals surface area (Å²) in [5.41, 5.74) is 1.30. The molecular weight excluding hydrogens is 452 g/mol. The molecule has 2 aromatic rings. The molecule has 0 aliphatic carbocycles. The predicted molar refractivity (Wildman–Crippen MR) is 124 cm³/mol. The Morgan fingerprint density at radius 1 is 1.06 bits per heavy atom. The molecule has 33 heavy (non-hydrogen) atoms. The second-order valence-corrected chi connectivity index (χ2v) is 8.46. The third-order valence-electron chi connectivity index (χ3n) is 4.33. The molecule has 0 bridgehead atoms. The van der Waals surface area contributed by atoms with E-state index >= 15 is 0 Å². The lowest BCUT2D eigenvalue weighted by atomic mass is 10.1. The number of nitrogens with one attached hydrogen (secondary N) is 1. The van der Waals surface area contributed by atoms with Gasteiger partial charge in [0.15, 0.2) is 9.84 Å². The Morgan fingerprint density at radius 2 is 1.73 bits per heavy atom. The van der Waals surface area contributed by atoms with E-state index in [1.807, 2.05) is 0 Å². The van der Waals surface area contributed by atoms with E-state index < -0.39 is 15.8 Å². The molecule has 0 saturated carbocycles. The van der Waals surface area contributed by atoms with E-state index in [0.717, 1.165) is 11.5 Å². The SMILES string of the molecule is COc1cc(OC)c(/C=C/S(=O)(=O)Cc2cnc(OC)c(NC/C=C/C(=O)O)c2)c(OC)c1. The summed E-state index contributed by atoms with van der Waals surface area (Å²) in [6, 6.07) is 4.83. The van der Waals surface area contributed by atoms with E-state index in [1.165, 1.54) is 46.8 Å². The molecule has 0 unspecified atom stereocenters. The molecule has 0 atom stereocenters. The van der Waals surface area contributed by atoms with Crippen molar-refractivity contribution in [2.24, 2.45) is 0 Å². The van der Waals surface area contributed by atoms with Gasteiger partial charge in [0.05, 0.1) is 45.4 Å². The lowest BCUT2D eigenvalue weighted by Gasteiger charge is -2.12. The molecule has 178 valence electrons. The Balaban J connectivity index is 2.26. The normalized spacial score (nSPS) is 11.5. The number of carbonyl (C=O) groups is 1. The van der Waals surface area contributed by atoms with Crippen LogP contribution in [0.3, 0.4) is 0 Å². The highest BCUT2D eigenvalue weighted by Gasteiger charge is 2.15. The molecule has 10 nitrogen and oxygen atoms in total. The van der Waals surface area contributed by atoms with Crippen LogP contribution in [0.4, 0.5) is 5.69 Å². The van der Waals surface area contributed by atoms with Gasteiger partial charge in [-0.05, 0) is 17.7 Å². The third kappa shape index (κ3) is 7.42. The van der Waals surface area contributed by atoms with Gasteiger partial charge in [-0.3, -0.25) is 0 Å². The number of carboxylic acids is 1. The molecule has 1 aromatic carbocycles. The standard InChI is InChI=1S/C22H26N2O8S/c1-29-16-11-19(30-2)17(20(12-16)31-3)7-9-33(27,28)14-15-10-18(22(32-4)24-13-15)23-8-5-6-21(25)26/h5-7,9-13,23H,8,14H2,1-4H3,(H,25,26)/b6-5+,9-7+. The van der Waals surface area contributed by atoms with Crippen molar-refractivity contribution in [1.82, 2.24) is 4.98 Å². The van der Waals surface area contributed by atoms with Crippen molar-refractivity contribution in [3.8, 4) is 23.1 Å². The van der Waals surface area contributed by atoms with Crippen LogP contribution < -0.4 is 24.3 Å². The minimum Gasteiger partial charge on any atom is -0.496 e. The lowest BCUT2D eigenvalue weighted by Crippen LogP contribution is -2.06. The maximum absolute atomic E-state index is 12.7. The number of ether oxygens (including phenoxy) is 4. The summed E-state index contributed by atoms with van der Waals surface area (Å²) in [7, 11) is 2.16. The summed E-state index contributed by atoms with van der Waals surface area (Å²) in [6.45, 7) is 0.192. The van der Waals surface area contributed by atoms with Crippen molar-refractivity contribution in [3.63, 3.8) is 0 Å². The van der Waals surface area contributed by atoms with Crippen LogP contribution in [0.25, 0.3) is 6.08 Å². The van der Waals surface area contributed by atoms with Crippen LogP contribution in [-0.4, -0.2) is 59.5 Å². The van der Waals surface area contributed by atoms with Crippen molar-refractivity contribution < 1.29 is 37.3 Å². The van der Waals surface area contributed by atoms with Crippen molar-refractivity contribution in [2.45, 2.75) is 5.75 Å². The van der Waals surface area contributed by atoms with Gasteiger partial charge in [0.25, 0.3) is 0 Å². The van der Waals surface area contributed by atoms with Gasteiger partial charge in [0.2, 0.25) is 5.88 Å². The van der Waals surface area contributed by atoms with E-state index in [-0.39, 0.29) is 18.2 Å². The monoisotopic (exact) mass is 478 g/mol. The number of hydrogen-bond acceptors (Lipinski definition) is 9. The van der Waals surface area contributed by atoms with E-state index in [9.17, 15) is 13.2 Å². The maximum Gasteiger partial charge on any atom is 0.328 e. The number of hydrogen-bond donors (Lipinski definition) is 2. The number of aliphatic carboxylic acids is 1. The van der Waals surface area contributed by atoms with Crippen LogP contribution in [0.5, 0.6) is 23.1 Å². The highest BCUT2D eigenvalue weighted by atomic mass is 32.2. The van der Waals surface area contributed by atoms with Gasteiger partial charge in [0.1, 0.15) is 17.2 Å². The first-order chi connectivity index (χ1) is 15.7. The molecule has 1 aromatic heterocycles. The highest BCUT2D eigenvalue weighted by molar-refractivity contribution is 7.93. The minimum absolute atomic E-state index is 0.192. The van der Waals surface area contributed by atoms with Gasteiger partial charge in [-0.2, -0.15) is 0 Å². The van der Waals surface area contributed by atoms with Gasteiger partial charge in [-0.1, -0.05) is 6.08 Å². The first kappa shape index (κ1) is 25.5. The fourth-order valence-electron chi connectivity index (χ4n) is 2.84. The van der Waals surface area contributed by atoms with Gasteiger partial charge < -0.3 is 29.4 Å². The number of benzene rings is 1. The molecule has 0 aliphatic heterocycles. The highest BCUT2D eigenvalue weighted by Crippen LogP contribution is 2.35. The Kier molecular flexibility index (Phi) is 9.10. The van der Waals surface area contributed by atoms with E-state index in [4.69, 9.17) is 24.1 Å². The number of carboxylic acid groups (broad SMARTS) is 1. The first-order valence-corrected chi connectivity index (χ1v) is 11.3. The Bertz CT molecular complexity index is 1120. The van der Waals surface area contributed by atoms with Crippen LogP contribution in [0.1, 0.15) is 11.1 Å². The third-order valence-corrected chi connectivity index (χ3v) is 5.62. The van der Waals surface area contributed by atoms with E-state index in [1.54, 1.807) is 18.2 Å². The second kappa shape index (κ2) is 11.8. The molecule has 0 spiro atoms. The number of pyridine rings is 1. The number of nitrogens with zero attached hydrogens (tertiary/aromatic N) is 1. The fraction of sp³-hybridized carbons (Fsp3) is 0.273. The number of rotatable bonds is 12. The van der Waals surface area contributed by atoms with Crippen LogP contribution in [0.2, 0.25) is 0 Å². The summed E-state index contributed by atoms with van der Waals surface area (Å²) < 4.78 is 46.5.